The fourth-order valence-electron chi connectivity index (χ4n) is 1.94. The summed E-state index contributed by atoms with van der Waals surface area (Å²) in [5.41, 5.74) is 2.54. The first-order valence-electron chi connectivity index (χ1n) is 6.01. The highest BCUT2D eigenvalue weighted by Crippen LogP contribution is 2.28. The van der Waals surface area contributed by atoms with E-state index in [4.69, 9.17) is 0 Å². The molecule has 4 heteroatoms. The van der Waals surface area contributed by atoms with Crippen LogP contribution in [0.3, 0.4) is 0 Å². The van der Waals surface area contributed by atoms with Gasteiger partial charge >= 0.3 is 0 Å². The molecule has 2 aromatic heterocycles. The highest BCUT2D eigenvalue weighted by molar-refractivity contribution is 5.67. The second-order valence-electron chi connectivity index (χ2n) is 4.35. The number of nitrogens with zero attached hydrogens (tertiary/aromatic N) is 3. The average molecular weight is 251 g/mol. The van der Waals surface area contributed by atoms with Gasteiger partial charge in [-0.25, -0.2) is 9.67 Å². The number of pyridine rings is 1. The Labute approximate surface area is 111 Å². The van der Waals surface area contributed by atoms with Crippen LogP contribution in [0.2, 0.25) is 0 Å². The van der Waals surface area contributed by atoms with Crippen molar-refractivity contribution in [1.82, 2.24) is 14.8 Å². The van der Waals surface area contributed by atoms with Crippen molar-refractivity contribution in [1.29, 1.82) is 0 Å². The monoisotopic (exact) mass is 251 g/mol. The van der Waals surface area contributed by atoms with Crippen LogP contribution in [-0.4, -0.2) is 19.9 Å². The number of phenols is 1. The molecule has 94 valence electrons. The van der Waals surface area contributed by atoms with Gasteiger partial charge in [0.05, 0.1) is 5.69 Å². The van der Waals surface area contributed by atoms with Gasteiger partial charge in [0.15, 0.2) is 5.82 Å². The Bertz CT molecular complexity index is 704. The van der Waals surface area contributed by atoms with Crippen LogP contribution < -0.4 is 0 Å². The van der Waals surface area contributed by atoms with Gasteiger partial charge in [-0.05, 0) is 37.3 Å². The molecule has 2 heterocycles. The molecule has 19 heavy (non-hydrogen) atoms. The van der Waals surface area contributed by atoms with Crippen LogP contribution in [-0.2, 0) is 0 Å². The maximum Gasteiger partial charge on any atom is 0.153 e. The SMILES string of the molecule is Cc1ccc(O)c(-c2ccn(-c3ccccn3)n2)c1. The number of rotatable bonds is 2. The van der Waals surface area contributed by atoms with Crippen molar-refractivity contribution in [2.45, 2.75) is 6.92 Å². The molecule has 0 aliphatic heterocycles. The summed E-state index contributed by atoms with van der Waals surface area (Å²) in [6.07, 6.45) is 3.56. The Balaban J connectivity index is 2.04. The molecule has 0 spiro atoms. The summed E-state index contributed by atoms with van der Waals surface area (Å²) in [7, 11) is 0. The normalized spacial score (nSPS) is 10.6. The van der Waals surface area contributed by atoms with Crippen molar-refractivity contribution >= 4 is 0 Å². The first-order valence-corrected chi connectivity index (χ1v) is 6.01. The highest BCUT2D eigenvalue weighted by Gasteiger charge is 2.08. The third kappa shape index (κ3) is 2.20. The van der Waals surface area contributed by atoms with Crippen LogP contribution in [0.15, 0.2) is 54.9 Å². The molecule has 0 aliphatic carbocycles. The molecule has 0 radical (unpaired) electrons. The van der Waals surface area contributed by atoms with E-state index in [0.29, 0.717) is 0 Å². The number of aryl methyl sites for hydroxylation is 1. The largest absolute Gasteiger partial charge is 0.507 e. The minimum Gasteiger partial charge on any atom is -0.507 e. The van der Waals surface area contributed by atoms with Gasteiger partial charge in [-0.15, -0.1) is 0 Å². The molecule has 0 unspecified atom stereocenters. The summed E-state index contributed by atoms with van der Waals surface area (Å²) in [4.78, 5) is 4.23. The van der Waals surface area contributed by atoms with E-state index < -0.39 is 0 Å². The Morgan fingerprint density at radius 2 is 2.00 bits per heavy atom. The predicted molar refractivity (Wildman–Crippen MR) is 73.2 cm³/mol. The van der Waals surface area contributed by atoms with Crippen molar-refractivity contribution in [2.24, 2.45) is 0 Å². The number of aromatic nitrogens is 3. The molecular formula is C15H13N3O. The molecule has 0 amide bonds. The van der Waals surface area contributed by atoms with Crippen LogP contribution in [0.1, 0.15) is 5.56 Å². The molecule has 1 aromatic carbocycles. The summed E-state index contributed by atoms with van der Waals surface area (Å²) in [6.45, 7) is 1.98. The van der Waals surface area contributed by atoms with Crippen LogP contribution >= 0.6 is 0 Å². The van der Waals surface area contributed by atoms with Crippen LogP contribution in [0, 0.1) is 6.92 Å². The quantitative estimate of drug-likeness (QED) is 0.761. The van der Waals surface area contributed by atoms with Crippen molar-refractivity contribution in [3.8, 4) is 22.8 Å². The Hall–Kier alpha value is -2.62. The fraction of sp³-hybridized carbons (Fsp3) is 0.0667. The molecule has 0 fully saturated rings. The van der Waals surface area contributed by atoms with E-state index in [9.17, 15) is 5.11 Å². The smallest absolute Gasteiger partial charge is 0.153 e. The zero-order chi connectivity index (χ0) is 13.2. The summed E-state index contributed by atoms with van der Waals surface area (Å²) in [5, 5.41) is 14.4. The molecule has 3 aromatic rings. The molecule has 3 rings (SSSR count). The fourth-order valence-corrected chi connectivity index (χ4v) is 1.94. The molecule has 0 bridgehead atoms. The Morgan fingerprint density at radius 3 is 2.79 bits per heavy atom. The topological polar surface area (TPSA) is 50.9 Å². The molecule has 0 aliphatic rings. The summed E-state index contributed by atoms with van der Waals surface area (Å²) >= 11 is 0. The van der Waals surface area contributed by atoms with Gasteiger partial charge in [0.2, 0.25) is 0 Å². The van der Waals surface area contributed by atoms with Gasteiger partial charge in [0, 0.05) is 18.0 Å². The van der Waals surface area contributed by atoms with Gasteiger partial charge in [-0.2, -0.15) is 5.10 Å². The minimum absolute atomic E-state index is 0.233. The van der Waals surface area contributed by atoms with Crippen LogP contribution in [0.4, 0.5) is 0 Å². The minimum atomic E-state index is 0.233. The number of aromatic hydroxyl groups is 1. The number of hydrogen-bond donors (Lipinski definition) is 1. The lowest BCUT2D eigenvalue weighted by atomic mass is 10.1. The lowest BCUT2D eigenvalue weighted by Gasteiger charge is -2.03. The predicted octanol–water partition coefficient (Wildman–Crippen LogP) is 2.95. The standard InChI is InChI=1S/C15H13N3O/c1-11-5-6-14(19)12(10-11)13-7-9-18(17-13)15-4-2-3-8-16-15/h2-10,19H,1H3. The van der Waals surface area contributed by atoms with Crippen molar-refractivity contribution in [3.63, 3.8) is 0 Å². The van der Waals surface area contributed by atoms with Crippen LogP contribution in [0.25, 0.3) is 17.1 Å². The van der Waals surface area contributed by atoms with E-state index in [1.165, 1.54) is 0 Å². The molecule has 1 N–H and O–H groups in total. The third-order valence-corrected chi connectivity index (χ3v) is 2.90. The van der Waals surface area contributed by atoms with E-state index in [1.807, 2.05) is 49.5 Å². The van der Waals surface area contributed by atoms with E-state index in [-0.39, 0.29) is 5.75 Å². The third-order valence-electron chi connectivity index (χ3n) is 2.90. The lowest BCUT2D eigenvalue weighted by molar-refractivity contribution is 0.477. The van der Waals surface area contributed by atoms with Gasteiger partial charge < -0.3 is 5.11 Å². The first-order chi connectivity index (χ1) is 9.24. The molecule has 0 atom stereocenters. The molecule has 4 nitrogen and oxygen atoms in total. The van der Waals surface area contributed by atoms with Crippen molar-refractivity contribution < 1.29 is 5.11 Å². The summed E-state index contributed by atoms with van der Waals surface area (Å²) in [5.74, 6) is 0.984. The average Bonchev–Trinajstić information content (AvgIpc) is 2.92. The molecule has 0 saturated carbocycles. The number of phenolic OH excluding ortho intramolecular Hbond substituents is 1. The van der Waals surface area contributed by atoms with Gasteiger partial charge in [-0.1, -0.05) is 17.7 Å². The van der Waals surface area contributed by atoms with Crippen molar-refractivity contribution in [2.75, 3.05) is 0 Å². The van der Waals surface area contributed by atoms with Gasteiger partial charge in [0.25, 0.3) is 0 Å². The highest BCUT2D eigenvalue weighted by atomic mass is 16.3. The summed E-state index contributed by atoms with van der Waals surface area (Å²) < 4.78 is 1.69. The molecular weight excluding hydrogens is 238 g/mol. The van der Waals surface area contributed by atoms with Gasteiger partial charge in [-0.3, -0.25) is 0 Å². The van der Waals surface area contributed by atoms with E-state index >= 15 is 0 Å². The van der Waals surface area contributed by atoms with E-state index in [1.54, 1.807) is 16.9 Å². The zero-order valence-electron chi connectivity index (χ0n) is 10.5. The van der Waals surface area contributed by atoms with Crippen molar-refractivity contribution in [3.05, 3.63) is 60.4 Å². The number of benzene rings is 1. The van der Waals surface area contributed by atoms with Crippen LogP contribution in [0.5, 0.6) is 5.75 Å². The lowest BCUT2D eigenvalue weighted by Crippen LogP contribution is -1.97. The molecule has 0 saturated heterocycles. The summed E-state index contributed by atoms with van der Waals surface area (Å²) in [6, 6.07) is 13.0. The maximum atomic E-state index is 9.90. The zero-order valence-corrected chi connectivity index (χ0v) is 10.5. The van der Waals surface area contributed by atoms with E-state index in [0.717, 1.165) is 22.6 Å². The first kappa shape index (κ1) is 11.5. The second-order valence-corrected chi connectivity index (χ2v) is 4.35. The second kappa shape index (κ2) is 4.57. The Kier molecular flexibility index (Phi) is 2.76. The number of hydrogen-bond acceptors (Lipinski definition) is 3. The van der Waals surface area contributed by atoms with E-state index in [2.05, 4.69) is 10.1 Å². The Morgan fingerprint density at radius 1 is 1.11 bits per heavy atom. The van der Waals surface area contributed by atoms with Gasteiger partial charge in [0.1, 0.15) is 5.75 Å². The maximum absolute atomic E-state index is 9.90.